The van der Waals surface area contributed by atoms with Crippen molar-refractivity contribution in [1.82, 2.24) is 0 Å². The molecule has 5 rings (SSSR count). The number of hydrogen-bond donors (Lipinski definition) is 0. The van der Waals surface area contributed by atoms with Crippen LogP contribution in [-0.4, -0.2) is 19.0 Å². The first-order valence-electron chi connectivity index (χ1n) is 13.1. The van der Waals surface area contributed by atoms with Crippen LogP contribution in [0.2, 0.25) is 0 Å². The molecule has 0 saturated carbocycles. The topological polar surface area (TPSA) is 52.6 Å². The van der Waals surface area contributed by atoms with E-state index in [4.69, 9.17) is 9.47 Å². The van der Waals surface area contributed by atoms with Crippen LogP contribution in [0.3, 0.4) is 0 Å². The van der Waals surface area contributed by atoms with E-state index in [1.165, 1.54) is 23.8 Å². The number of carbonyl (C=O) groups excluding carboxylic acids is 2. The third-order valence-corrected chi connectivity index (χ3v) is 7.02. The van der Waals surface area contributed by atoms with Gasteiger partial charge in [0.05, 0.1) is 12.7 Å². The highest BCUT2D eigenvalue weighted by atomic mass is 16.5. The fourth-order valence-corrected chi connectivity index (χ4v) is 4.98. The minimum absolute atomic E-state index is 0.124. The van der Waals surface area contributed by atoms with Gasteiger partial charge in [-0.3, -0.25) is 4.79 Å². The van der Waals surface area contributed by atoms with Gasteiger partial charge in [-0.15, -0.1) is 0 Å². The third kappa shape index (κ3) is 6.97. The number of benzene rings is 3. The molecule has 0 N–H and O–H groups in total. The van der Waals surface area contributed by atoms with Crippen molar-refractivity contribution in [2.75, 3.05) is 7.11 Å². The van der Waals surface area contributed by atoms with E-state index in [0.717, 1.165) is 36.8 Å². The second-order valence-electron chi connectivity index (χ2n) is 10.2. The molecule has 4 heteroatoms. The zero-order valence-electron chi connectivity index (χ0n) is 22.0. The normalized spacial score (nSPS) is 17.0. The number of carbonyl (C=O) groups is 2. The zero-order chi connectivity index (χ0) is 26.2. The molecule has 4 nitrogen and oxygen atoms in total. The lowest BCUT2D eigenvalue weighted by atomic mass is 9.94. The van der Waals surface area contributed by atoms with Crippen molar-refractivity contribution in [3.8, 4) is 0 Å². The Morgan fingerprint density at radius 1 is 0.919 bits per heavy atom. The number of esters is 2. The van der Waals surface area contributed by atoms with Crippen LogP contribution in [0.1, 0.15) is 71.0 Å². The minimum atomic E-state index is -0.336. The maximum absolute atomic E-state index is 12.4. The molecule has 0 spiro atoms. The Bertz CT molecular complexity index is 1240. The molecule has 0 saturated heterocycles. The number of hydrogen-bond acceptors (Lipinski definition) is 4. The van der Waals surface area contributed by atoms with Crippen LogP contribution >= 0.6 is 0 Å². The van der Waals surface area contributed by atoms with Gasteiger partial charge >= 0.3 is 11.9 Å². The van der Waals surface area contributed by atoms with Crippen LogP contribution in [0.5, 0.6) is 0 Å². The lowest BCUT2D eigenvalue weighted by molar-refractivity contribution is -0.152. The Morgan fingerprint density at radius 3 is 2.32 bits per heavy atom. The van der Waals surface area contributed by atoms with Gasteiger partial charge in [-0.2, -0.15) is 0 Å². The second-order valence-corrected chi connectivity index (χ2v) is 10.2. The fraction of sp³-hybridized carbons (Fsp3) is 0.333. The quantitative estimate of drug-likeness (QED) is 0.326. The number of ether oxygens (including phenoxy) is 2. The van der Waals surface area contributed by atoms with E-state index in [0.29, 0.717) is 17.9 Å². The monoisotopic (exact) mass is 496 g/mol. The lowest BCUT2D eigenvalue weighted by Gasteiger charge is -2.21. The Balaban J connectivity index is 0.000000295. The van der Waals surface area contributed by atoms with Crippen LogP contribution in [0.4, 0.5) is 0 Å². The molecule has 192 valence electrons. The van der Waals surface area contributed by atoms with Crippen molar-refractivity contribution < 1.29 is 19.1 Å². The number of methoxy groups -OCH3 is 1. The molecule has 0 unspecified atom stereocenters. The summed E-state index contributed by atoms with van der Waals surface area (Å²) in [6, 6.07) is 24.2. The molecule has 0 aromatic heterocycles. The average Bonchev–Trinajstić information content (AvgIpc) is 3.53. The van der Waals surface area contributed by atoms with Crippen molar-refractivity contribution in [2.45, 2.75) is 52.1 Å². The number of allylic oxidation sites excluding steroid dienone is 1. The van der Waals surface area contributed by atoms with E-state index in [9.17, 15) is 9.59 Å². The largest absolute Gasteiger partial charge is 0.465 e. The van der Waals surface area contributed by atoms with Crippen LogP contribution in [-0.2, 0) is 33.5 Å². The Hall–Kier alpha value is -3.66. The molecule has 0 fully saturated rings. The van der Waals surface area contributed by atoms with Crippen molar-refractivity contribution in [1.29, 1.82) is 0 Å². The van der Waals surface area contributed by atoms with E-state index in [-0.39, 0.29) is 24.0 Å². The maximum atomic E-state index is 12.4. The van der Waals surface area contributed by atoms with Gasteiger partial charge in [-0.05, 0) is 71.6 Å². The summed E-state index contributed by atoms with van der Waals surface area (Å²) in [6.45, 7) is 4.22. The summed E-state index contributed by atoms with van der Waals surface area (Å²) in [6.07, 6.45) is 8.26. The maximum Gasteiger partial charge on any atom is 0.337 e. The molecule has 37 heavy (non-hydrogen) atoms. The average molecular weight is 497 g/mol. The minimum Gasteiger partial charge on any atom is -0.465 e. The molecular weight excluding hydrogens is 460 g/mol. The predicted molar refractivity (Wildman–Crippen MR) is 147 cm³/mol. The van der Waals surface area contributed by atoms with Gasteiger partial charge in [-0.25, -0.2) is 4.79 Å². The van der Waals surface area contributed by atoms with Crippen molar-refractivity contribution in [3.63, 3.8) is 0 Å². The molecule has 0 amide bonds. The van der Waals surface area contributed by atoms with Gasteiger partial charge in [0.2, 0.25) is 0 Å². The SMILES string of the molecule is C1=Cc2ccccc2C1.COC(=O)c1ccc(C[C@@H]2Cc3ccccc3[C@@H]2OC(=O)CCC(C)C)cc1. The van der Waals surface area contributed by atoms with Gasteiger partial charge in [0.25, 0.3) is 0 Å². The third-order valence-electron chi connectivity index (χ3n) is 7.02. The van der Waals surface area contributed by atoms with Crippen LogP contribution in [0, 0.1) is 11.8 Å². The summed E-state index contributed by atoms with van der Waals surface area (Å²) in [5, 5.41) is 0. The predicted octanol–water partition coefficient (Wildman–Crippen LogP) is 7.16. The van der Waals surface area contributed by atoms with Gasteiger partial charge in [0.1, 0.15) is 6.10 Å². The van der Waals surface area contributed by atoms with Crippen LogP contribution < -0.4 is 0 Å². The molecule has 2 atom stereocenters. The van der Waals surface area contributed by atoms with Gasteiger partial charge in [0.15, 0.2) is 0 Å². The summed E-state index contributed by atoms with van der Waals surface area (Å²) >= 11 is 0. The van der Waals surface area contributed by atoms with Gasteiger partial charge in [0, 0.05) is 12.3 Å². The van der Waals surface area contributed by atoms with Crippen LogP contribution in [0.15, 0.2) is 78.9 Å². The number of rotatable bonds is 7. The molecule has 3 aromatic rings. The number of fused-ring (bicyclic) bond motifs is 2. The highest BCUT2D eigenvalue weighted by molar-refractivity contribution is 5.89. The summed E-state index contributed by atoms with van der Waals surface area (Å²) in [5.41, 5.74) is 6.87. The Labute approximate surface area is 220 Å². The zero-order valence-corrected chi connectivity index (χ0v) is 22.0. The summed E-state index contributed by atoms with van der Waals surface area (Å²) in [7, 11) is 1.38. The molecule has 0 heterocycles. The van der Waals surface area contributed by atoms with Crippen molar-refractivity contribution >= 4 is 18.0 Å². The van der Waals surface area contributed by atoms with Crippen LogP contribution in [0.25, 0.3) is 6.08 Å². The van der Waals surface area contributed by atoms with E-state index in [1.54, 1.807) is 12.1 Å². The molecule has 0 bridgehead atoms. The molecule has 2 aliphatic rings. The van der Waals surface area contributed by atoms with Crippen molar-refractivity contribution in [2.24, 2.45) is 11.8 Å². The smallest absolute Gasteiger partial charge is 0.337 e. The molecule has 2 aliphatic carbocycles. The summed E-state index contributed by atoms with van der Waals surface area (Å²) in [5.74, 6) is 0.218. The van der Waals surface area contributed by atoms with Crippen molar-refractivity contribution in [3.05, 3.63) is 112 Å². The molecule has 0 radical (unpaired) electrons. The van der Waals surface area contributed by atoms with E-state index >= 15 is 0 Å². The van der Waals surface area contributed by atoms with Gasteiger partial charge < -0.3 is 9.47 Å². The molecular formula is C33H36O4. The van der Waals surface area contributed by atoms with Gasteiger partial charge in [-0.1, -0.05) is 86.7 Å². The lowest BCUT2D eigenvalue weighted by Crippen LogP contribution is -2.18. The highest BCUT2D eigenvalue weighted by Crippen LogP contribution is 2.41. The Morgan fingerprint density at radius 2 is 1.62 bits per heavy atom. The first kappa shape index (κ1) is 26.4. The van der Waals surface area contributed by atoms with E-state index < -0.39 is 0 Å². The first-order chi connectivity index (χ1) is 17.9. The van der Waals surface area contributed by atoms with E-state index in [2.05, 4.69) is 62.4 Å². The first-order valence-corrected chi connectivity index (χ1v) is 13.1. The Kier molecular flexibility index (Phi) is 8.95. The summed E-state index contributed by atoms with van der Waals surface area (Å²) in [4.78, 5) is 24.0. The molecule has 0 aliphatic heterocycles. The molecule has 3 aromatic carbocycles. The second kappa shape index (κ2) is 12.5. The highest BCUT2D eigenvalue weighted by Gasteiger charge is 2.35. The standard InChI is InChI=1S/C24H28O4.C9H8/c1-16(2)8-13-22(25)28-23-20(15-19-6-4-5-7-21(19)23)14-17-9-11-18(12-10-17)24(26)27-3;1-2-5-9-7-3-6-8(9)4-1/h4-7,9-12,16,20,23H,8,13-15H2,1-3H3;1-6H,7H2/t20-,23-;/m1./s1. The summed E-state index contributed by atoms with van der Waals surface area (Å²) < 4.78 is 10.7. The fourth-order valence-electron chi connectivity index (χ4n) is 4.98. The van der Waals surface area contributed by atoms with E-state index in [1.807, 2.05) is 24.3 Å².